The van der Waals surface area contributed by atoms with Gasteiger partial charge in [-0.1, -0.05) is 42.5 Å². The molecule has 0 fully saturated rings. The van der Waals surface area contributed by atoms with Crippen molar-refractivity contribution in [1.29, 1.82) is 0 Å². The predicted molar refractivity (Wildman–Crippen MR) is 119 cm³/mol. The maximum Gasteiger partial charge on any atom is 0.191 e. The summed E-state index contributed by atoms with van der Waals surface area (Å²) in [5.74, 6) is 0.863. The summed E-state index contributed by atoms with van der Waals surface area (Å²) in [5.41, 5.74) is 3.45. The van der Waals surface area contributed by atoms with Crippen molar-refractivity contribution >= 4 is 41.0 Å². The third kappa shape index (κ3) is 5.72. The molecule has 6 heteroatoms. The number of nitrogens with zero attached hydrogens (tertiary/aromatic N) is 3. The summed E-state index contributed by atoms with van der Waals surface area (Å²) in [6.07, 6.45) is 2.93. The smallest absolute Gasteiger partial charge is 0.191 e. The van der Waals surface area contributed by atoms with Crippen molar-refractivity contribution in [2.24, 2.45) is 4.99 Å². The number of aromatic nitrogens is 2. The minimum absolute atomic E-state index is 0. The lowest BCUT2D eigenvalue weighted by Crippen LogP contribution is -2.38. The Labute approximate surface area is 172 Å². The van der Waals surface area contributed by atoms with Gasteiger partial charge in [0.1, 0.15) is 0 Å². The first-order valence-electron chi connectivity index (χ1n) is 8.83. The van der Waals surface area contributed by atoms with Crippen molar-refractivity contribution in [3.05, 3.63) is 66.5 Å². The van der Waals surface area contributed by atoms with Crippen LogP contribution in [0.15, 0.2) is 65.9 Å². The van der Waals surface area contributed by atoms with Gasteiger partial charge in [-0.15, -0.1) is 24.0 Å². The summed E-state index contributed by atoms with van der Waals surface area (Å²) in [6.45, 7) is 5.42. The third-order valence-corrected chi connectivity index (χ3v) is 4.00. The Bertz CT molecular complexity index is 813. The van der Waals surface area contributed by atoms with Crippen LogP contribution in [0.3, 0.4) is 0 Å². The topological polar surface area (TPSA) is 54.2 Å². The van der Waals surface area contributed by atoms with Crippen LogP contribution in [0.2, 0.25) is 0 Å². The molecular weight excluding hydrogens is 437 g/mol. The van der Waals surface area contributed by atoms with Gasteiger partial charge in [0.15, 0.2) is 5.96 Å². The molecule has 0 unspecified atom stereocenters. The van der Waals surface area contributed by atoms with E-state index in [9.17, 15) is 0 Å². The molecule has 0 radical (unpaired) electrons. The highest BCUT2D eigenvalue weighted by Crippen LogP contribution is 2.11. The fraction of sp³-hybridized carbons (Fsp3) is 0.300. The number of imidazole rings is 1. The van der Waals surface area contributed by atoms with Gasteiger partial charge in [0.25, 0.3) is 0 Å². The van der Waals surface area contributed by atoms with Crippen molar-refractivity contribution in [2.75, 3.05) is 13.1 Å². The Kier molecular flexibility index (Phi) is 8.40. The van der Waals surface area contributed by atoms with Crippen molar-refractivity contribution in [3.8, 4) is 0 Å². The van der Waals surface area contributed by atoms with Crippen LogP contribution in [0.1, 0.15) is 18.9 Å². The molecule has 0 aliphatic rings. The second kappa shape index (κ2) is 10.8. The second-order valence-electron chi connectivity index (χ2n) is 5.89. The summed E-state index contributed by atoms with van der Waals surface area (Å²) in [5, 5.41) is 6.70. The fourth-order valence-corrected chi connectivity index (χ4v) is 2.74. The van der Waals surface area contributed by atoms with E-state index in [0.717, 1.165) is 37.5 Å². The SMILES string of the molecule is CCNC(=NCc1ccccc1)NCCCn1cnc2ccccc21.I. The first-order valence-corrected chi connectivity index (χ1v) is 8.83. The zero-order valence-electron chi connectivity index (χ0n) is 15.1. The average molecular weight is 463 g/mol. The highest BCUT2D eigenvalue weighted by Gasteiger charge is 2.01. The number of aryl methyl sites for hydroxylation is 1. The second-order valence-corrected chi connectivity index (χ2v) is 5.89. The summed E-state index contributed by atoms with van der Waals surface area (Å²) >= 11 is 0. The van der Waals surface area contributed by atoms with Gasteiger partial charge >= 0.3 is 0 Å². The van der Waals surface area contributed by atoms with E-state index in [1.165, 1.54) is 11.1 Å². The van der Waals surface area contributed by atoms with Gasteiger partial charge in [0, 0.05) is 19.6 Å². The lowest BCUT2D eigenvalue weighted by Gasteiger charge is -2.11. The molecule has 0 saturated heterocycles. The van der Waals surface area contributed by atoms with Gasteiger partial charge in [-0.3, -0.25) is 0 Å². The summed E-state index contributed by atoms with van der Waals surface area (Å²) in [7, 11) is 0. The molecule has 3 aromatic rings. The number of guanidine groups is 1. The average Bonchev–Trinajstić information content (AvgIpc) is 3.07. The van der Waals surface area contributed by atoms with Crippen LogP contribution in [0.25, 0.3) is 11.0 Å². The zero-order valence-corrected chi connectivity index (χ0v) is 17.4. The van der Waals surface area contributed by atoms with E-state index in [1.54, 1.807) is 0 Å². The van der Waals surface area contributed by atoms with E-state index >= 15 is 0 Å². The number of hydrogen-bond donors (Lipinski definition) is 2. The monoisotopic (exact) mass is 463 g/mol. The molecule has 0 spiro atoms. The molecule has 138 valence electrons. The van der Waals surface area contributed by atoms with Crippen molar-refractivity contribution in [2.45, 2.75) is 26.4 Å². The van der Waals surface area contributed by atoms with E-state index in [1.807, 2.05) is 36.7 Å². The fourth-order valence-electron chi connectivity index (χ4n) is 2.74. The van der Waals surface area contributed by atoms with Crippen molar-refractivity contribution < 1.29 is 0 Å². The van der Waals surface area contributed by atoms with Crippen LogP contribution in [0, 0.1) is 0 Å². The standard InChI is InChI=1S/C20H25N5.HI/c1-2-21-20(23-15-17-9-4-3-5-10-17)22-13-8-14-25-16-24-18-11-6-7-12-19(18)25;/h3-7,9-12,16H,2,8,13-15H2,1H3,(H2,21,22,23);1H. The highest BCUT2D eigenvalue weighted by atomic mass is 127. The molecule has 1 heterocycles. The number of hydrogen-bond acceptors (Lipinski definition) is 2. The Hall–Kier alpha value is -2.09. The number of benzene rings is 2. The Morgan fingerprint density at radius 3 is 2.62 bits per heavy atom. The number of rotatable bonds is 7. The lowest BCUT2D eigenvalue weighted by molar-refractivity contribution is 0.637. The largest absolute Gasteiger partial charge is 0.357 e. The zero-order chi connectivity index (χ0) is 17.3. The maximum absolute atomic E-state index is 4.64. The molecule has 1 aromatic heterocycles. The molecule has 2 N–H and O–H groups in total. The van der Waals surface area contributed by atoms with E-state index < -0.39 is 0 Å². The third-order valence-electron chi connectivity index (χ3n) is 4.00. The molecule has 0 aliphatic heterocycles. The summed E-state index contributed by atoms with van der Waals surface area (Å²) in [4.78, 5) is 9.07. The Morgan fingerprint density at radius 1 is 1.04 bits per heavy atom. The molecule has 0 bridgehead atoms. The van der Waals surface area contributed by atoms with E-state index in [-0.39, 0.29) is 24.0 Å². The van der Waals surface area contributed by atoms with Crippen LogP contribution in [0.5, 0.6) is 0 Å². The predicted octanol–water partition coefficient (Wildman–Crippen LogP) is 3.80. The molecule has 3 rings (SSSR count). The van der Waals surface area contributed by atoms with Crippen LogP contribution in [-0.2, 0) is 13.1 Å². The van der Waals surface area contributed by atoms with Gasteiger partial charge < -0.3 is 15.2 Å². The first kappa shape index (κ1) is 20.2. The van der Waals surface area contributed by atoms with Crippen molar-refractivity contribution in [3.63, 3.8) is 0 Å². The Balaban J connectivity index is 0.00000243. The molecule has 0 aliphatic carbocycles. The molecule has 26 heavy (non-hydrogen) atoms. The molecule has 0 saturated carbocycles. The number of halogens is 1. The minimum atomic E-state index is 0. The highest BCUT2D eigenvalue weighted by molar-refractivity contribution is 14.0. The molecule has 0 atom stereocenters. The van der Waals surface area contributed by atoms with Crippen molar-refractivity contribution in [1.82, 2.24) is 20.2 Å². The van der Waals surface area contributed by atoms with E-state index in [0.29, 0.717) is 6.54 Å². The van der Waals surface area contributed by atoms with Gasteiger partial charge in [-0.25, -0.2) is 9.98 Å². The quantitative estimate of drug-likeness (QED) is 0.243. The number of para-hydroxylation sites is 2. The van der Waals surface area contributed by atoms with E-state index in [2.05, 4.69) is 56.4 Å². The van der Waals surface area contributed by atoms with Gasteiger partial charge in [-0.05, 0) is 31.0 Å². The van der Waals surface area contributed by atoms with Gasteiger partial charge in [0.2, 0.25) is 0 Å². The minimum Gasteiger partial charge on any atom is -0.357 e. The normalized spacial score (nSPS) is 11.2. The van der Waals surface area contributed by atoms with Gasteiger partial charge in [-0.2, -0.15) is 0 Å². The molecule has 5 nitrogen and oxygen atoms in total. The molecule has 0 amide bonds. The Morgan fingerprint density at radius 2 is 1.81 bits per heavy atom. The number of nitrogens with one attached hydrogen (secondary N) is 2. The lowest BCUT2D eigenvalue weighted by atomic mass is 10.2. The van der Waals surface area contributed by atoms with Crippen LogP contribution >= 0.6 is 24.0 Å². The number of aliphatic imine (C=N–C) groups is 1. The first-order chi connectivity index (χ1) is 12.4. The molecular formula is C20H26IN5. The summed E-state index contributed by atoms with van der Waals surface area (Å²) < 4.78 is 2.20. The van der Waals surface area contributed by atoms with Crippen LogP contribution in [0.4, 0.5) is 0 Å². The van der Waals surface area contributed by atoms with Crippen LogP contribution < -0.4 is 10.6 Å². The number of fused-ring (bicyclic) bond motifs is 1. The van der Waals surface area contributed by atoms with Crippen LogP contribution in [-0.4, -0.2) is 28.6 Å². The van der Waals surface area contributed by atoms with Gasteiger partial charge in [0.05, 0.1) is 23.9 Å². The summed E-state index contributed by atoms with van der Waals surface area (Å²) in [6, 6.07) is 18.5. The van der Waals surface area contributed by atoms with E-state index in [4.69, 9.17) is 0 Å². The maximum atomic E-state index is 4.64. The molecule has 2 aromatic carbocycles.